The third-order valence-corrected chi connectivity index (χ3v) is 26.8. The summed E-state index contributed by atoms with van der Waals surface area (Å²) >= 11 is 0. The zero-order valence-corrected chi connectivity index (χ0v) is 67.8. The van der Waals surface area contributed by atoms with E-state index < -0.39 is 161 Å². The molecule has 26 atom stereocenters. The van der Waals surface area contributed by atoms with Crippen LogP contribution in [0.1, 0.15) is 138 Å². The van der Waals surface area contributed by atoms with Crippen LogP contribution in [0.25, 0.3) is 0 Å². The Labute approximate surface area is 679 Å². The molecule has 26 unspecified atom stereocenters. The molecule has 0 N–H and O–H groups in total. The SMILES string of the molecule is C=C(C)C(=O)OC12CC3CC(C1)OC(=O)C(C3)C2.C=C(C)C(=O)OC12CC3OC(=O)C(C3C1)C2C(=O)OC.C=C(C)C(=O)OCC(=O)OC1C2CC(=O)C3C2CC1C3C(=O)OC.C=C(C)C(=O)OCC(=O)OC1C2CC3C1OS(=O)(=O)C3C2.C=C(C)C(=O)OCC(=O)OC1C2CC3CC(C2)C(=O)OC1C3.C=C(C)C(=O)OCC1COC(=O)O1. The van der Waals surface area contributed by atoms with Crippen molar-refractivity contribution in [3.63, 3.8) is 0 Å². The Hall–Kier alpha value is -10.1. The molecule has 0 amide bonds. The monoisotopic (exact) mass is 1680 g/mol. The number of carbonyl (C=O) groups is 16. The molecule has 18 fully saturated rings. The molecule has 0 radical (unpaired) electrons. The Morgan fingerprint density at radius 1 is 0.458 bits per heavy atom. The fourth-order valence-electron chi connectivity index (χ4n) is 20.4. The molecule has 18 rings (SSSR count). The van der Waals surface area contributed by atoms with Crippen LogP contribution in [0.5, 0.6) is 0 Å². The minimum Gasteiger partial charge on any atom is -0.469 e. The van der Waals surface area contributed by atoms with E-state index >= 15 is 0 Å². The highest BCUT2D eigenvalue weighted by molar-refractivity contribution is 7.87. The van der Waals surface area contributed by atoms with E-state index in [2.05, 4.69) is 48.9 Å². The maximum atomic E-state index is 12.2. The molecule has 0 aromatic heterocycles. The topological polar surface area (TPSA) is 464 Å². The van der Waals surface area contributed by atoms with Gasteiger partial charge in [-0.2, -0.15) is 8.42 Å². The predicted molar refractivity (Wildman–Crippen MR) is 394 cm³/mol. The maximum Gasteiger partial charge on any atom is 0.508 e. The number of esters is 14. The molecule has 18 aliphatic rings. The Morgan fingerprint density at radius 2 is 1.00 bits per heavy atom. The zero-order valence-electron chi connectivity index (χ0n) is 66.9. The molecule has 36 heteroatoms. The second-order valence-corrected chi connectivity index (χ2v) is 35.5. The van der Waals surface area contributed by atoms with Crippen molar-refractivity contribution < 1.29 is 165 Å². The molecule has 644 valence electrons. The minimum atomic E-state index is -3.53. The quantitative estimate of drug-likeness (QED) is 0.0599. The number of Topliss-reactive ketones (excluding diaryl/α,β-unsaturated/α-hetero) is 1. The molecule has 14 bridgehead atoms. The number of carbonyl (C=O) groups excluding carboxylic acids is 16. The maximum absolute atomic E-state index is 12.2. The number of rotatable bonds is 21. The summed E-state index contributed by atoms with van der Waals surface area (Å²) in [5.74, 6) is -8.42. The van der Waals surface area contributed by atoms with Gasteiger partial charge in [0.2, 0.25) is 0 Å². The fourth-order valence-corrected chi connectivity index (χ4v) is 22.2. The van der Waals surface area contributed by atoms with Crippen molar-refractivity contribution in [3.8, 4) is 0 Å². The van der Waals surface area contributed by atoms with Crippen molar-refractivity contribution in [2.24, 2.45) is 88.8 Å². The number of cyclic esters (lactones) is 2. The van der Waals surface area contributed by atoms with Gasteiger partial charge in [0.15, 0.2) is 25.9 Å². The van der Waals surface area contributed by atoms with Gasteiger partial charge in [0.05, 0.1) is 43.1 Å². The second kappa shape index (κ2) is 35.8. The first-order chi connectivity index (χ1) is 55.5. The molecule has 0 aromatic rings. The summed E-state index contributed by atoms with van der Waals surface area (Å²) in [6.45, 7) is 28.7. The number of hydrogen-bond donors (Lipinski definition) is 0. The third-order valence-electron chi connectivity index (χ3n) is 25.0. The van der Waals surface area contributed by atoms with Crippen LogP contribution < -0.4 is 0 Å². The third kappa shape index (κ3) is 19.1. The number of ketones is 1. The highest BCUT2D eigenvalue weighted by atomic mass is 32.2. The summed E-state index contributed by atoms with van der Waals surface area (Å²) in [6.07, 6.45) is 6.31. The molecule has 11 saturated carbocycles. The van der Waals surface area contributed by atoms with Crippen molar-refractivity contribution in [1.82, 2.24) is 0 Å². The summed E-state index contributed by atoms with van der Waals surface area (Å²) in [5, 5.41) is -0.455. The summed E-state index contributed by atoms with van der Waals surface area (Å²) < 4.78 is 110. The van der Waals surface area contributed by atoms with Crippen LogP contribution in [0.4, 0.5) is 4.79 Å². The minimum absolute atomic E-state index is 0.00284. The summed E-state index contributed by atoms with van der Waals surface area (Å²) in [7, 11) is -0.966. The van der Waals surface area contributed by atoms with E-state index in [4.69, 9.17) is 70.5 Å². The second-order valence-electron chi connectivity index (χ2n) is 33.7. The first-order valence-corrected chi connectivity index (χ1v) is 40.7. The van der Waals surface area contributed by atoms with E-state index in [-0.39, 0.29) is 143 Å². The number of ether oxygens (including phenoxy) is 16. The molecule has 0 spiro atoms. The normalized spacial score (nSPS) is 36.1. The lowest BCUT2D eigenvalue weighted by molar-refractivity contribution is -0.177. The first-order valence-electron chi connectivity index (χ1n) is 39.3. The summed E-state index contributed by atoms with van der Waals surface area (Å²) in [5.41, 5.74) is 0.120. The van der Waals surface area contributed by atoms with Crippen molar-refractivity contribution in [3.05, 3.63) is 72.9 Å². The number of fused-ring (bicyclic) bond motifs is 5. The average Bonchev–Trinajstić information content (AvgIpc) is 1.59. The number of hydrogen-bond acceptors (Lipinski definition) is 35. The smallest absolute Gasteiger partial charge is 0.469 e. The van der Waals surface area contributed by atoms with Crippen LogP contribution >= 0.6 is 0 Å². The van der Waals surface area contributed by atoms with Crippen molar-refractivity contribution in [2.45, 2.75) is 203 Å². The van der Waals surface area contributed by atoms with Crippen LogP contribution in [-0.2, 0) is 162 Å². The van der Waals surface area contributed by atoms with Gasteiger partial charge in [-0.05, 0) is 130 Å². The van der Waals surface area contributed by atoms with Gasteiger partial charge in [-0.3, -0.25) is 33.0 Å². The molecular formula is C82H100O35S. The standard InChI is InChI=1S/C17H20O7.C16H20O6.C14H16O6.C14H18O4.C13H16O7S.C8H10O5/c1-7(2)16(20)23-6-12(19)24-15-9-5-11(18)13-8(9)4-10(15)14(13)17(21)22-3;1-8(2)15(18)20-7-13(17)22-14-10-3-9-4-11(6-10)16(19)21-12(14)5-9;1-6(2)11(15)20-14-4-7-8(5-14)19-12(16)9(7)10(14)13(17)18-3;1-8(2)12(15)18-14-5-9-3-10(6-14)13(16)17-11(4-9)7-14;1-6(2)13(15)18-5-10(14)19-11-7-3-8-9(4-7)21(16,17)20-12(8)11;1-5(2)7(9)11-3-6-4-12-8(10)13-6/h8-10,13-15H,1,4-6H2,2-3H3;9-12,14H,1,3-7H2,2H3;7-10H,1,4-5H2,2-3H3;9-11H,1,3-7H2,2H3;7-9,11-12H,1,3-5H2,2H3;6H,1,3-4H2,2H3. The Kier molecular flexibility index (Phi) is 26.9. The van der Waals surface area contributed by atoms with Crippen molar-refractivity contribution in [2.75, 3.05) is 47.3 Å². The highest BCUT2D eigenvalue weighted by Gasteiger charge is 2.74. The van der Waals surface area contributed by atoms with E-state index in [0.717, 1.165) is 44.9 Å². The predicted octanol–water partition coefficient (Wildman–Crippen LogP) is 5.42. The van der Waals surface area contributed by atoms with Crippen molar-refractivity contribution >= 4 is 106 Å². The van der Waals surface area contributed by atoms with E-state index in [1.165, 1.54) is 35.0 Å². The molecule has 7 heterocycles. The van der Waals surface area contributed by atoms with E-state index in [9.17, 15) is 85.1 Å². The van der Waals surface area contributed by atoms with Crippen LogP contribution in [0.2, 0.25) is 0 Å². The van der Waals surface area contributed by atoms with Gasteiger partial charge in [0.25, 0.3) is 10.1 Å². The molecule has 0 aromatic carbocycles. The fraction of sp³-hybridized carbons (Fsp3) is 0.659. The molecule has 7 aliphatic heterocycles. The zero-order chi connectivity index (χ0) is 86.2. The van der Waals surface area contributed by atoms with Gasteiger partial charge in [-0.25, -0.2) is 47.9 Å². The van der Waals surface area contributed by atoms with E-state index in [1.54, 1.807) is 20.8 Å². The molecule has 11 aliphatic carbocycles. The number of methoxy groups -OCH3 is 2. The molecule has 7 saturated heterocycles. The van der Waals surface area contributed by atoms with Gasteiger partial charge in [-0.1, -0.05) is 39.5 Å². The highest BCUT2D eigenvalue weighted by Crippen LogP contribution is 2.64. The van der Waals surface area contributed by atoms with Crippen LogP contribution in [-0.4, -0.2) is 216 Å². The first kappa shape index (κ1) is 88.7. The van der Waals surface area contributed by atoms with Crippen LogP contribution in [0.3, 0.4) is 0 Å². The summed E-state index contributed by atoms with van der Waals surface area (Å²) in [6, 6.07) is 0. The Balaban J connectivity index is 0.000000140. The average molecular weight is 1680 g/mol. The lowest BCUT2D eigenvalue weighted by Crippen LogP contribution is -2.48. The van der Waals surface area contributed by atoms with Gasteiger partial charge in [0.1, 0.15) is 78.8 Å². The van der Waals surface area contributed by atoms with E-state index in [1.807, 2.05) is 0 Å². The van der Waals surface area contributed by atoms with Crippen LogP contribution in [0, 0.1) is 88.8 Å². The van der Waals surface area contributed by atoms with Gasteiger partial charge >= 0.3 is 89.7 Å². The molecule has 118 heavy (non-hydrogen) atoms. The van der Waals surface area contributed by atoms with Gasteiger partial charge < -0.3 is 75.8 Å². The van der Waals surface area contributed by atoms with Crippen molar-refractivity contribution in [1.29, 1.82) is 0 Å². The summed E-state index contributed by atoms with van der Waals surface area (Å²) in [4.78, 5) is 186. The largest absolute Gasteiger partial charge is 0.508 e. The lowest BCUT2D eigenvalue weighted by Gasteiger charge is -2.45. The van der Waals surface area contributed by atoms with E-state index in [0.29, 0.717) is 74.3 Å². The van der Waals surface area contributed by atoms with Crippen LogP contribution in [0.15, 0.2) is 72.9 Å². The molecule has 35 nitrogen and oxygen atoms in total. The van der Waals surface area contributed by atoms with Gasteiger partial charge in [0, 0.05) is 101 Å². The Bertz CT molecular complexity index is 4320. The Morgan fingerprint density at radius 3 is 1.58 bits per heavy atom. The molecular weight excluding hydrogens is 1580 g/mol. The lowest BCUT2D eigenvalue weighted by atomic mass is 9.65. The van der Waals surface area contributed by atoms with Gasteiger partial charge in [-0.15, -0.1) is 0 Å².